The zero-order valence-electron chi connectivity index (χ0n) is 11.0. The molecule has 1 aliphatic rings. The summed E-state index contributed by atoms with van der Waals surface area (Å²) in [5.41, 5.74) is -0.504. The van der Waals surface area contributed by atoms with Gasteiger partial charge in [-0.25, -0.2) is 4.98 Å². The van der Waals surface area contributed by atoms with Gasteiger partial charge in [0.05, 0.1) is 12.1 Å². The third kappa shape index (κ3) is 3.09. The number of aryl methyl sites for hydroxylation is 1. The molecular formula is C14H24N2O. The maximum absolute atomic E-state index is 10.6. The molecule has 96 valence electrons. The van der Waals surface area contributed by atoms with Crippen molar-refractivity contribution in [2.45, 2.75) is 64.5 Å². The van der Waals surface area contributed by atoms with Crippen LogP contribution in [0.3, 0.4) is 0 Å². The molecule has 0 amide bonds. The number of aliphatic hydroxyl groups is 1. The van der Waals surface area contributed by atoms with Crippen molar-refractivity contribution in [2.75, 3.05) is 0 Å². The second-order valence-electron chi connectivity index (χ2n) is 5.63. The second-order valence-corrected chi connectivity index (χ2v) is 5.63. The van der Waals surface area contributed by atoms with Crippen molar-refractivity contribution >= 4 is 0 Å². The Labute approximate surface area is 104 Å². The Balaban J connectivity index is 2.01. The van der Waals surface area contributed by atoms with Gasteiger partial charge in [0.2, 0.25) is 0 Å². The standard InChI is InChI=1S/C14H24N2O/c1-3-4-13-15-9-10-16(13)11-14(17)7-5-12(2)6-8-14/h9-10,12,17H,3-8,11H2,1-2H3. The van der Waals surface area contributed by atoms with Gasteiger partial charge in [0, 0.05) is 18.8 Å². The van der Waals surface area contributed by atoms with E-state index in [4.69, 9.17) is 0 Å². The highest BCUT2D eigenvalue weighted by atomic mass is 16.3. The lowest BCUT2D eigenvalue weighted by molar-refractivity contribution is -0.0223. The first kappa shape index (κ1) is 12.6. The van der Waals surface area contributed by atoms with E-state index in [0.717, 1.165) is 56.8 Å². The fourth-order valence-electron chi connectivity index (χ4n) is 2.71. The van der Waals surface area contributed by atoms with E-state index >= 15 is 0 Å². The third-order valence-corrected chi connectivity index (χ3v) is 3.94. The number of hydrogen-bond acceptors (Lipinski definition) is 2. The van der Waals surface area contributed by atoms with E-state index in [-0.39, 0.29) is 0 Å². The molecule has 3 heteroatoms. The van der Waals surface area contributed by atoms with Gasteiger partial charge >= 0.3 is 0 Å². The van der Waals surface area contributed by atoms with Crippen LogP contribution in [0.1, 0.15) is 51.8 Å². The SMILES string of the molecule is CCCc1nccn1CC1(O)CCC(C)CC1. The van der Waals surface area contributed by atoms with E-state index in [1.54, 1.807) is 0 Å². The monoisotopic (exact) mass is 236 g/mol. The van der Waals surface area contributed by atoms with Crippen LogP contribution in [-0.2, 0) is 13.0 Å². The minimum absolute atomic E-state index is 0.504. The lowest BCUT2D eigenvalue weighted by Crippen LogP contribution is -2.38. The van der Waals surface area contributed by atoms with Gasteiger partial charge in [-0.2, -0.15) is 0 Å². The Bertz CT molecular complexity index is 351. The fraction of sp³-hybridized carbons (Fsp3) is 0.786. The molecule has 1 N–H and O–H groups in total. The van der Waals surface area contributed by atoms with Crippen LogP contribution in [0.25, 0.3) is 0 Å². The topological polar surface area (TPSA) is 38.0 Å². The fourth-order valence-corrected chi connectivity index (χ4v) is 2.71. The summed E-state index contributed by atoms with van der Waals surface area (Å²) in [6, 6.07) is 0. The summed E-state index contributed by atoms with van der Waals surface area (Å²) in [6.45, 7) is 5.16. The van der Waals surface area contributed by atoms with Crippen molar-refractivity contribution < 1.29 is 5.11 Å². The predicted octanol–water partition coefficient (Wildman–Crippen LogP) is 2.78. The highest BCUT2D eigenvalue weighted by Crippen LogP contribution is 2.33. The van der Waals surface area contributed by atoms with Crippen LogP contribution in [-0.4, -0.2) is 20.3 Å². The maximum Gasteiger partial charge on any atom is 0.108 e. The number of nitrogens with zero attached hydrogens (tertiary/aromatic N) is 2. The summed E-state index contributed by atoms with van der Waals surface area (Å²) < 4.78 is 2.14. The summed E-state index contributed by atoms with van der Waals surface area (Å²) in [5, 5.41) is 10.6. The lowest BCUT2D eigenvalue weighted by Gasteiger charge is -2.35. The number of rotatable bonds is 4. The van der Waals surface area contributed by atoms with Crippen LogP contribution < -0.4 is 0 Å². The molecule has 1 aliphatic carbocycles. The Morgan fingerprint density at radius 2 is 2.18 bits per heavy atom. The summed E-state index contributed by atoms with van der Waals surface area (Å²) in [5.74, 6) is 1.88. The van der Waals surface area contributed by atoms with Crippen molar-refractivity contribution in [1.82, 2.24) is 9.55 Å². The van der Waals surface area contributed by atoms with Gasteiger partial charge in [-0.1, -0.05) is 13.8 Å². The van der Waals surface area contributed by atoms with Crippen molar-refractivity contribution in [3.8, 4) is 0 Å². The second kappa shape index (κ2) is 5.21. The van der Waals surface area contributed by atoms with Gasteiger partial charge in [0.25, 0.3) is 0 Å². The average Bonchev–Trinajstić information content (AvgIpc) is 2.71. The molecule has 0 saturated heterocycles. The van der Waals surface area contributed by atoms with Gasteiger partial charge in [0.15, 0.2) is 0 Å². The molecule has 2 rings (SSSR count). The summed E-state index contributed by atoms with van der Waals surface area (Å²) in [7, 11) is 0. The third-order valence-electron chi connectivity index (χ3n) is 3.94. The number of imidazole rings is 1. The first-order chi connectivity index (χ1) is 8.13. The van der Waals surface area contributed by atoms with E-state index in [1.165, 1.54) is 0 Å². The van der Waals surface area contributed by atoms with Crippen LogP contribution in [0.2, 0.25) is 0 Å². The van der Waals surface area contributed by atoms with Gasteiger partial charge < -0.3 is 9.67 Å². The summed E-state index contributed by atoms with van der Waals surface area (Å²) >= 11 is 0. The molecule has 1 aromatic rings. The molecule has 3 nitrogen and oxygen atoms in total. The average molecular weight is 236 g/mol. The lowest BCUT2D eigenvalue weighted by atomic mass is 9.79. The van der Waals surface area contributed by atoms with Crippen molar-refractivity contribution in [2.24, 2.45) is 5.92 Å². The van der Waals surface area contributed by atoms with Gasteiger partial charge in [0.1, 0.15) is 5.82 Å². The van der Waals surface area contributed by atoms with Gasteiger partial charge in [-0.15, -0.1) is 0 Å². The van der Waals surface area contributed by atoms with Crippen LogP contribution in [0.15, 0.2) is 12.4 Å². The largest absolute Gasteiger partial charge is 0.388 e. The van der Waals surface area contributed by atoms with Crippen LogP contribution in [0.4, 0.5) is 0 Å². The first-order valence-corrected chi connectivity index (χ1v) is 6.85. The normalized spacial score (nSPS) is 29.5. The molecule has 0 radical (unpaired) electrons. The molecule has 17 heavy (non-hydrogen) atoms. The van der Waals surface area contributed by atoms with Crippen LogP contribution in [0, 0.1) is 5.92 Å². The molecule has 1 heterocycles. The summed E-state index contributed by atoms with van der Waals surface area (Å²) in [6.07, 6.45) is 10.1. The molecule has 1 aromatic heterocycles. The van der Waals surface area contributed by atoms with Gasteiger partial charge in [-0.3, -0.25) is 0 Å². The summed E-state index contributed by atoms with van der Waals surface area (Å²) in [4.78, 5) is 4.37. The smallest absolute Gasteiger partial charge is 0.108 e. The van der Waals surface area contributed by atoms with E-state index in [0.29, 0.717) is 0 Å². The molecule has 0 unspecified atom stereocenters. The van der Waals surface area contributed by atoms with Crippen LogP contribution >= 0.6 is 0 Å². The number of hydrogen-bond donors (Lipinski definition) is 1. The minimum Gasteiger partial charge on any atom is -0.388 e. The predicted molar refractivity (Wildman–Crippen MR) is 68.8 cm³/mol. The molecular weight excluding hydrogens is 212 g/mol. The van der Waals surface area contributed by atoms with Crippen molar-refractivity contribution in [3.63, 3.8) is 0 Å². The Kier molecular flexibility index (Phi) is 3.87. The van der Waals surface area contributed by atoms with Crippen molar-refractivity contribution in [1.29, 1.82) is 0 Å². The zero-order valence-corrected chi connectivity index (χ0v) is 11.0. The molecule has 1 fully saturated rings. The number of aromatic nitrogens is 2. The first-order valence-electron chi connectivity index (χ1n) is 6.85. The Morgan fingerprint density at radius 1 is 1.47 bits per heavy atom. The molecule has 0 atom stereocenters. The Hall–Kier alpha value is -0.830. The van der Waals surface area contributed by atoms with Crippen molar-refractivity contribution in [3.05, 3.63) is 18.2 Å². The molecule has 0 spiro atoms. The minimum atomic E-state index is -0.504. The van der Waals surface area contributed by atoms with E-state index in [1.807, 2.05) is 12.4 Å². The molecule has 1 saturated carbocycles. The molecule has 0 aromatic carbocycles. The molecule has 0 aliphatic heterocycles. The Morgan fingerprint density at radius 3 is 2.82 bits per heavy atom. The quantitative estimate of drug-likeness (QED) is 0.873. The van der Waals surface area contributed by atoms with E-state index < -0.39 is 5.60 Å². The van der Waals surface area contributed by atoms with E-state index in [9.17, 15) is 5.11 Å². The van der Waals surface area contributed by atoms with Gasteiger partial charge in [-0.05, 0) is 38.0 Å². The zero-order chi connectivity index (χ0) is 12.3. The van der Waals surface area contributed by atoms with Crippen LogP contribution in [0.5, 0.6) is 0 Å². The highest BCUT2D eigenvalue weighted by molar-refractivity contribution is 4.96. The molecule has 0 bridgehead atoms. The highest BCUT2D eigenvalue weighted by Gasteiger charge is 2.32. The van der Waals surface area contributed by atoms with E-state index in [2.05, 4.69) is 23.4 Å². The maximum atomic E-state index is 10.6.